The first-order chi connectivity index (χ1) is 20.8. The smallest absolute Gasteiger partial charge is 0.332 e. The number of hydrogen-bond acceptors (Lipinski definition) is 4. The van der Waals surface area contributed by atoms with Crippen LogP contribution < -0.4 is 15.0 Å². The van der Waals surface area contributed by atoms with E-state index in [4.69, 9.17) is 4.74 Å². The number of urea groups is 1. The number of carbonyl (C=O) groups excluding carboxylic acids is 3. The molecule has 8 heteroatoms. The van der Waals surface area contributed by atoms with E-state index in [2.05, 4.69) is 10.3 Å². The fourth-order valence-corrected chi connectivity index (χ4v) is 6.23. The van der Waals surface area contributed by atoms with Crippen molar-refractivity contribution in [3.05, 3.63) is 125 Å². The normalized spacial score (nSPS) is 17.7. The third-order valence-corrected chi connectivity index (χ3v) is 8.63. The van der Waals surface area contributed by atoms with Crippen molar-refractivity contribution < 1.29 is 19.1 Å². The van der Waals surface area contributed by atoms with E-state index < -0.39 is 18.1 Å². The van der Waals surface area contributed by atoms with Crippen LogP contribution in [0.5, 0.6) is 5.75 Å². The summed E-state index contributed by atoms with van der Waals surface area (Å²) >= 11 is 0. The van der Waals surface area contributed by atoms with Crippen LogP contribution in [0.15, 0.2) is 91.0 Å². The summed E-state index contributed by atoms with van der Waals surface area (Å²) < 4.78 is 5.36. The van der Waals surface area contributed by atoms with E-state index in [0.717, 1.165) is 38.9 Å². The predicted octanol–water partition coefficient (Wildman–Crippen LogP) is 6.53. The lowest BCUT2D eigenvalue weighted by Crippen LogP contribution is -2.44. The molecule has 0 saturated carbocycles. The van der Waals surface area contributed by atoms with Gasteiger partial charge in [-0.25, -0.2) is 9.69 Å². The number of aromatic nitrogens is 1. The number of aromatic amines is 1. The Morgan fingerprint density at radius 3 is 2.37 bits per heavy atom. The summed E-state index contributed by atoms with van der Waals surface area (Å²) in [6, 6.07) is 26.4. The quantitative estimate of drug-likeness (QED) is 0.235. The second kappa shape index (κ2) is 10.2. The zero-order valence-corrected chi connectivity index (χ0v) is 24.0. The highest BCUT2D eigenvalue weighted by Crippen LogP contribution is 2.45. The molecule has 43 heavy (non-hydrogen) atoms. The van der Waals surface area contributed by atoms with Crippen LogP contribution in [0.25, 0.3) is 10.9 Å². The Balaban J connectivity index is 1.22. The summed E-state index contributed by atoms with van der Waals surface area (Å²) in [5.41, 5.74) is 7.59. The van der Waals surface area contributed by atoms with Crippen molar-refractivity contribution in [3.63, 3.8) is 0 Å². The van der Waals surface area contributed by atoms with Gasteiger partial charge in [0.05, 0.1) is 12.8 Å². The van der Waals surface area contributed by atoms with Gasteiger partial charge in [0.15, 0.2) is 0 Å². The zero-order chi connectivity index (χ0) is 29.8. The number of rotatable bonds is 5. The number of aryl methyl sites for hydroxylation is 2. The third kappa shape index (κ3) is 4.34. The molecule has 1 saturated heterocycles. The Morgan fingerprint density at radius 1 is 0.907 bits per heavy atom. The number of carbonyl (C=O) groups is 3. The van der Waals surface area contributed by atoms with Crippen LogP contribution in [-0.2, 0) is 11.2 Å². The Labute approximate surface area is 248 Å². The molecule has 0 bridgehead atoms. The van der Waals surface area contributed by atoms with Gasteiger partial charge in [0.2, 0.25) is 0 Å². The summed E-state index contributed by atoms with van der Waals surface area (Å²) in [5, 5.41) is 3.97. The zero-order valence-electron chi connectivity index (χ0n) is 24.0. The number of fused-ring (bicyclic) bond motifs is 4. The fraction of sp³-hybridized carbons (Fsp3) is 0.171. The summed E-state index contributed by atoms with van der Waals surface area (Å²) in [7, 11) is 1.61. The Morgan fingerprint density at radius 2 is 1.65 bits per heavy atom. The van der Waals surface area contributed by atoms with Gasteiger partial charge in [-0.3, -0.25) is 14.5 Å². The molecule has 2 N–H and O–H groups in total. The number of ether oxygens (including phenoxy) is 1. The molecule has 2 aliphatic heterocycles. The first-order valence-corrected chi connectivity index (χ1v) is 14.2. The van der Waals surface area contributed by atoms with Crippen molar-refractivity contribution in [2.75, 3.05) is 17.3 Å². The van der Waals surface area contributed by atoms with Crippen LogP contribution in [0.2, 0.25) is 0 Å². The number of H-pyrrole nitrogens is 1. The highest BCUT2D eigenvalue weighted by atomic mass is 16.5. The van der Waals surface area contributed by atoms with Crippen molar-refractivity contribution in [3.8, 4) is 5.75 Å². The number of nitrogens with zero attached hydrogens (tertiary/aromatic N) is 2. The van der Waals surface area contributed by atoms with Crippen molar-refractivity contribution in [2.24, 2.45) is 0 Å². The molecule has 2 atom stereocenters. The SMILES string of the molecule is COc1ccc(C2c3[nH]c4ccccc4c3C[C@H]3C(=O)N(c4ccc(C(=O)Nc5ccc(C)c(C)c5)cc4)C(=O)N23)cc1. The monoisotopic (exact) mass is 570 g/mol. The lowest BCUT2D eigenvalue weighted by molar-refractivity contribution is -0.120. The molecular weight excluding hydrogens is 540 g/mol. The number of hydrogen-bond donors (Lipinski definition) is 2. The number of imide groups is 1. The van der Waals surface area contributed by atoms with Crippen molar-refractivity contribution >= 4 is 40.1 Å². The highest BCUT2D eigenvalue weighted by Gasteiger charge is 2.53. The van der Waals surface area contributed by atoms with Crippen LogP contribution in [0.4, 0.5) is 16.2 Å². The molecule has 4 amide bonds. The molecule has 1 fully saturated rings. The second-order valence-electron chi connectivity index (χ2n) is 11.1. The molecular formula is C35H30N4O4. The molecule has 0 spiro atoms. The van der Waals surface area contributed by atoms with Crippen LogP contribution >= 0.6 is 0 Å². The molecule has 4 aromatic carbocycles. The maximum Gasteiger partial charge on any atom is 0.332 e. The number of nitrogens with one attached hydrogen (secondary N) is 2. The van der Waals surface area contributed by atoms with Gasteiger partial charge >= 0.3 is 6.03 Å². The topological polar surface area (TPSA) is 94.7 Å². The average molecular weight is 571 g/mol. The van der Waals surface area contributed by atoms with Crippen LogP contribution in [0, 0.1) is 13.8 Å². The highest BCUT2D eigenvalue weighted by molar-refractivity contribution is 6.22. The fourth-order valence-electron chi connectivity index (χ4n) is 6.23. The van der Waals surface area contributed by atoms with E-state index in [0.29, 0.717) is 29.1 Å². The number of amides is 4. The van der Waals surface area contributed by atoms with E-state index in [-0.39, 0.29) is 11.8 Å². The molecule has 5 aromatic rings. The lowest BCUT2D eigenvalue weighted by Gasteiger charge is -2.36. The first kappa shape index (κ1) is 26.5. The van der Waals surface area contributed by atoms with Crippen LogP contribution in [0.3, 0.4) is 0 Å². The standard InChI is InChI=1S/C35H30N4O4/c1-20-8-13-24(18-21(20)2)36-33(40)23-9-14-25(15-10-23)38-34(41)30-19-28-27-6-4-5-7-29(27)37-31(28)32(39(30)35(38)42)22-11-16-26(43-3)17-12-22/h4-18,30,32,37H,19H2,1-3H3,(H,36,40)/t30-,32?/m0/s1. The molecule has 2 aliphatic rings. The second-order valence-corrected chi connectivity index (χ2v) is 11.1. The van der Waals surface area contributed by atoms with Gasteiger partial charge < -0.3 is 15.0 Å². The predicted molar refractivity (Wildman–Crippen MR) is 166 cm³/mol. The summed E-state index contributed by atoms with van der Waals surface area (Å²) in [5.74, 6) is 0.156. The van der Waals surface area contributed by atoms with E-state index in [1.807, 2.05) is 80.6 Å². The molecule has 8 nitrogen and oxygen atoms in total. The number of benzene rings is 4. The maximum absolute atomic E-state index is 14.1. The van der Waals surface area contributed by atoms with Gasteiger partial charge in [-0.1, -0.05) is 36.4 Å². The van der Waals surface area contributed by atoms with Gasteiger partial charge in [0.1, 0.15) is 17.8 Å². The molecule has 1 aromatic heterocycles. The van der Waals surface area contributed by atoms with Gasteiger partial charge in [-0.15, -0.1) is 0 Å². The number of methoxy groups -OCH3 is 1. The van der Waals surface area contributed by atoms with Crippen molar-refractivity contribution in [1.82, 2.24) is 9.88 Å². The Hall–Kier alpha value is -5.37. The first-order valence-electron chi connectivity index (χ1n) is 14.2. The lowest BCUT2D eigenvalue weighted by atomic mass is 9.89. The minimum atomic E-state index is -0.668. The average Bonchev–Trinajstić information content (AvgIpc) is 3.52. The van der Waals surface area contributed by atoms with Gasteiger partial charge in [0.25, 0.3) is 11.8 Å². The summed E-state index contributed by atoms with van der Waals surface area (Å²) in [6.07, 6.45) is 0.406. The van der Waals surface area contributed by atoms with Gasteiger partial charge in [-0.2, -0.15) is 0 Å². The van der Waals surface area contributed by atoms with E-state index >= 15 is 0 Å². The third-order valence-electron chi connectivity index (χ3n) is 8.63. The van der Waals surface area contributed by atoms with E-state index in [1.165, 1.54) is 4.90 Å². The molecule has 3 heterocycles. The summed E-state index contributed by atoms with van der Waals surface area (Å²) in [4.78, 5) is 47.5. The van der Waals surface area contributed by atoms with Crippen molar-refractivity contribution in [2.45, 2.75) is 32.4 Å². The number of anilines is 2. The number of para-hydroxylation sites is 1. The minimum Gasteiger partial charge on any atom is -0.497 e. The Kier molecular flexibility index (Phi) is 6.27. The summed E-state index contributed by atoms with van der Waals surface area (Å²) in [6.45, 7) is 4.02. The molecule has 1 unspecified atom stereocenters. The minimum absolute atomic E-state index is 0.267. The molecule has 214 valence electrons. The largest absolute Gasteiger partial charge is 0.497 e. The van der Waals surface area contributed by atoms with Gasteiger partial charge in [0, 0.05) is 34.3 Å². The van der Waals surface area contributed by atoms with E-state index in [9.17, 15) is 14.4 Å². The maximum atomic E-state index is 14.1. The van der Waals surface area contributed by atoms with E-state index in [1.54, 1.807) is 36.3 Å². The van der Waals surface area contributed by atoms with Gasteiger partial charge in [-0.05, 0) is 90.7 Å². The molecule has 0 aliphatic carbocycles. The molecule has 0 radical (unpaired) electrons. The molecule has 7 rings (SSSR count). The van der Waals surface area contributed by atoms with Crippen LogP contribution in [-0.4, -0.2) is 40.9 Å². The van der Waals surface area contributed by atoms with Crippen LogP contribution in [0.1, 0.15) is 44.3 Å². The van der Waals surface area contributed by atoms with Crippen molar-refractivity contribution in [1.29, 1.82) is 0 Å². The Bertz CT molecular complexity index is 1910.